The van der Waals surface area contributed by atoms with E-state index in [1.807, 2.05) is 4.90 Å². The number of carboxylic acid groups (broad SMARTS) is 1. The van der Waals surface area contributed by atoms with Gasteiger partial charge in [0.05, 0.1) is 0 Å². The van der Waals surface area contributed by atoms with E-state index in [1.165, 1.54) is 4.90 Å². The minimum atomic E-state index is -0.805. The topological polar surface area (TPSA) is 77.9 Å². The molecule has 2 aliphatic rings. The largest absolute Gasteiger partial charge is 0.480 e. The molecule has 0 aromatic carbocycles. The Bertz CT molecular complexity index is 367. The predicted molar refractivity (Wildman–Crippen MR) is 67.4 cm³/mol. The molecule has 2 fully saturated rings. The van der Waals surface area contributed by atoms with Crippen molar-refractivity contribution >= 4 is 17.8 Å². The predicted octanol–water partition coefficient (Wildman–Crippen LogP) is 0.465. The molecule has 0 aromatic rings. The first kappa shape index (κ1) is 14.0. The minimum Gasteiger partial charge on any atom is -0.480 e. The lowest BCUT2D eigenvalue weighted by Gasteiger charge is -2.28. The number of imide groups is 1. The molecule has 0 saturated carbocycles. The highest BCUT2D eigenvalue weighted by Gasteiger charge is 2.31. The van der Waals surface area contributed by atoms with Gasteiger partial charge in [-0.2, -0.15) is 0 Å². The fourth-order valence-corrected chi connectivity index (χ4v) is 2.82. The van der Waals surface area contributed by atoms with Crippen molar-refractivity contribution in [2.75, 3.05) is 19.6 Å². The van der Waals surface area contributed by atoms with Crippen LogP contribution in [0.3, 0.4) is 0 Å². The molecule has 2 heterocycles. The number of aliphatic carboxylic acids is 1. The first-order chi connectivity index (χ1) is 9.09. The van der Waals surface area contributed by atoms with Gasteiger partial charge in [-0.25, -0.2) is 0 Å². The molecule has 6 nitrogen and oxygen atoms in total. The number of hydrogen-bond donors (Lipinski definition) is 1. The standard InChI is InChI=1S/C13H20N2O4/c16-11-5-6-12(17)15(11)9-8-14-7-3-1-2-4-10(14)13(18)19/h10H,1-9H2,(H,18,19). The van der Waals surface area contributed by atoms with Crippen LogP contribution < -0.4 is 0 Å². The fourth-order valence-electron chi connectivity index (χ4n) is 2.82. The lowest BCUT2D eigenvalue weighted by molar-refractivity contribution is -0.143. The van der Waals surface area contributed by atoms with E-state index in [4.69, 9.17) is 0 Å². The quantitative estimate of drug-likeness (QED) is 0.750. The van der Waals surface area contributed by atoms with Crippen LogP contribution in [0, 0.1) is 0 Å². The number of likely N-dealkylation sites (tertiary alicyclic amines) is 2. The van der Waals surface area contributed by atoms with Gasteiger partial charge in [0.1, 0.15) is 6.04 Å². The van der Waals surface area contributed by atoms with Crippen molar-refractivity contribution in [2.45, 2.75) is 44.6 Å². The Kier molecular flexibility index (Phi) is 4.52. The molecule has 1 unspecified atom stereocenters. The Morgan fingerprint density at radius 2 is 1.79 bits per heavy atom. The highest BCUT2D eigenvalue weighted by Crippen LogP contribution is 2.18. The molecule has 0 bridgehead atoms. The Morgan fingerprint density at radius 1 is 1.11 bits per heavy atom. The monoisotopic (exact) mass is 268 g/mol. The maximum Gasteiger partial charge on any atom is 0.320 e. The smallest absolute Gasteiger partial charge is 0.320 e. The van der Waals surface area contributed by atoms with E-state index < -0.39 is 12.0 Å². The van der Waals surface area contributed by atoms with Crippen LogP contribution >= 0.6 is 0 Å². The van der Waals surface area contributed by atoms with Crippen molar-refractivity contribution in [1.82, 2.24) is 9.80 Å². The van der Waals surface area contributed by atoms with Crippen molar-refractivity contribution in [1.29, 1.82) is 0 Å². The third-order valence-corrected chi connectivity index (χ3v) is 3.91. The van der Waals surface area contributed by atoms with Gasteiger partial charge in [0.2, 0.25) is 11.8 Å². The van der Waals surface area contributed by atoms with Crippen molar-refractivity contribution in [2.24, 2.45) is 0 Å². The first-order valence-corrected chi connectivity index (χ1v) is 6.89. The maximum absolute atomic E-state index is 11.5. The highest BCUT2D eigenvalue weighted by atomic mass is 16.4. The van der Waals surface area contributed by atoms with Gasteiger partial charge in [-0.3, -0.25) is 24.2 Å². The van der Waals surface area contributed by atoms with Gasteiger partial charge in [-0.1, -0.05) is 12.8 Å². The third-order valence-electron chi connectivity index (χ3n) is 3.91. The maximum atomic E-state index is 11.5. The van der Waals surface area contributed by atoms with Gasteiger partial charge in [0, 0.05) is 25.9 Å². The van der Waals surface area contributed by atoms with Crippen LogP contribution in [0.4, 0.5) is 0 Å². The summed E-state index contributed by atoms with van der Waals surface area (Å²) >= 11 is 0. The number of hydrogen-bond acceptors (Lipinski definition) is 4. The lowest BCUT2D eigenvalue weighted by Crippen LogP contribution is -2.45. The summed E-state index contributed by atoms with van der Waals surface area (Å²) in [4.78, 5) is 37.4. The van der Waals surface area contributed by atoms with Crippen molar-refractivity contribution in [3.05, 3.63) is 0 Å². The summed E-state index contributed by atoms with van der Waals surface area (Å²) in [6.07, 6.45) is 4.18. The van der Waals surface area contributed by atoms with Crippen LogP contribution in [-0.4, -0.2) is 58.4 Å². The second-order valence-corrected chi connectivity index (χ2v) is 5.18. The van der Waals surface area contributed by atoms with Gasteiger partial charge in [0.15, 0.2) is 0 Å². The summed E-state index contributed by atoms with van der Waals surface area (Å²) in [5.41, 5.74) is 0. The van der Waals surface area contributed by atoms with E-state index in [9.17, 15) is 19.5 Å². The molecule has 2 saturated heterocycles. The lowest BCUT2D eigenvalue weighted by atomic mass is 10.1. The molecule has 2 amide bonds. The number of carboxylic acids is 1. The fraction of sp³-hybridized carbons (Fsp3) is 0.769. The van der Waals surface area contributed by atoms with Crippen LogP contribution in [0.5, 0.6) is 0 Å². The minimum absolute atomic E-state index is 0.133. The van der Waals surface area contributed by atoms with Gasteiger partial charge in [-0.15, -0.1) is 0 Å². The Balaban J connectivity index is 1.93. The summed E-state index contributed by atoms with van der Waals surface area (Å²) in [5, 5.41) is 9.24. The Labute approximate surface area is 112 Å². The molecule has 0 aliphatic carbocycles. The van der Waals surface area contributed by atoms with Crippen LogP contribution in [0.1, 0.15) is 38.5 Å². The molecule has 0 radical (unpaired) electrons. The van der Waals surface area contributed by atoms with Crippen LogP contribution in [0.2, 0.25) is 0 Å². The molecule has 2 rings (SSSR count). The van der Waals surface area contributed by atoms with Crippen LogP contribution in [0.15, 0.2) is 0 Å². The van der Waals surface area contributed by atoms with Gasteiger partial charge < -0.3 is 5.11 Å². The van der Waals surface area contributed by atoms with Crippen LogP contribution in [-0.2, 0) is 14.4 Å². The second-order valence-electron chi connectivity index (χ2n) is 5.18. The molecule has 19 heavy (non-hydrogen) atoms. The number of nitrogens with zero attached hydrogens (tertiary/aromatic N) is 2. The number of amides is 2. The molecular formula is C13H20N2O4. The SMILES string of the molecule is O=C(O)C1CCCCCN1CCN1C(=O)CCC1=O. The van der Waals surface area contributed by atoms with Crippen molar-refractivity contribution in [3.8, 4) is 0 Å². The summed E-state index contributed by atoms with van der Waals surface area (Å²) in [5.74, 6) is -1.07. The van der Waals surface area contributed by atoms with E-state index in [2.05, 4.69) is 0 Å². The number of rotatable bonds is 4. The number of carbonyl (C=O) groups excluding carboxylic acids is 2. The summed E-state index contributed by atoms with van der Waals surface area (Å²) in [7, 11) is 0. The van der Waals surface area contributed by atoms with Crippen molar-refractivity contribution < 1.29 is 19.5 Å². The second kappa shape index (κ2) is 6.14. The van der Waals surface area contributed by atoms with Gasteiger partial charge >= 0.3 is 5.97 Å². The average Bonchev–Trinajstić information content (AvgIpc) is 2.58. The normalized spacial score (nSPS) is 25.7. The summed E-state index contributed by atoms with van der Waals surface area (Å²) in [6.45, 7) is 1.52. The molecule has 2 aliphatic heterocycles. The third kappa shape index (κ3) is 3.32. The molecule has 0 spiro atoms. The van der Waals surface area contributed by atoms with Crippen LogP contribution in [0.25, 0.3) is 0 Å². The van der Waals surface area contributed by atoms with E-state index in [0.29, 0.717) is 32.4 Å². The molecular weight excluding hydrogens is 248 g/mol. The summed E-state index contributed by atoms with van der Waals surface area (Å²) in [6, 6.07) is -0.477. The van der Waals surface area contributed by atoms with Gasteiger partial charge in [0.25, 0.3) is 0 Å². The first-order valence-electron chi connectivity index (χ1n) is 6.89. The van der Waals surface area contributed by atoms with E-state index in [-0.39, 0.29) is 11.8 Å². The average molecular weight is 268 g/mol. The van der Waals surface area contributed by atoms with Crippen molar-refractivity contribution in [3.63, 3.8) is 0 Å². The number of carbonyl (C=O) groups is 3. The van der Waals surface area contributed by atoms with E-state index in [1.54, 1.807) is 0 Å². The molecule has 106 valence electrons. The van der Waals surface area contributed by atoms with E-state index in [0.717, 1.165) is 25.8 Å². The Morgan fingerprint density at radius 3 is 2.42 bits per heavy atom. The zero-order valence-corrected chi connectivity index (χ0v) is 11.0. The van der Waals surface area contributed by atoms with E-state index >= 15 is 0 Å². The Hall–Kier alpha value is -1.43. The molecule has 6 heteroatoms. The highest BCUT2D eigenvalue weighted by molar-refractivity contribution is 6.01. The molecule has 1 N–H and O–H groups in total. The molecule has 1 atom stereocenters. The zero-order chi connectivity index (χ0) is 13.8. The summed E-state index contributed by atoms with van der Waals surface area (Å²) < 4.78 is 0. The molecule has 0 aromatic heterocycles. The zero-order valence-electron chi connectivity index (χ0n) is 11.0. The van der Waals surface area contributed by atoms with Gasteiger partial charge in [-0.05, 0) is 19.4 Å².